The summed E-state index contributed by atoms with van der Waals surface area (Å²) in [5, 5.41) is 42.8. The molecule has 2 aliphatic carbocycles. The van der Waals surface area contributed by atoms with E-state index in [-0.39, 0.29) is 34.6 Å². The maximum atomic E-state index is 12.3. The van der Waals surface area contributed by atoms with Crippen molar-refractivity contribution in [3.05, 3.63) is 46.3 Å². The van der Waals surface area contributed by atoms with Crippen LogP contribution < -0.4 is 10.5 Å². The molecular weight excluding hydrogens is 336 g/mol. The maximum Gasteiger partial charge on any atom is 0.161 e. The molecule has 2 fully saturated rings. The Balaban J connectivity index is 1.76. The number of Topliss-reactive ketones (excluding diaryl/α,β-unsaturated/α-hetero) is 1. The van der Waals surface area contributed by atoms with Crippen LogP contribution in [0.15, 0.2) is 35.5 Å². The van der Waals surface area contributed by atoms with E-state index in [9.17, 15) is 20.2 Å². The number of aliphatic hydroxyl groups is 2. The van der Waals surface area contributed by atoms with Crippen LogP contribution in [0.2, 0.25) is 0 Å². The van der Waals surface area contributed by atoms with Gasteiger partial charge in [0.1, 0.15) is 6.10 Å². The third-order valence-corrected chi connectivity index (χ3v) is 5.91. The van der Waals surface area contributed by atoms with Crippen LogP contribution in [0.1, 0.15) is 38.9 Å². The van der Waals surface area contributed by atoms with Crippen LogP contribution in [-0.4, -0.2) is 33.9 Å². The molecule has 2 saturated carbocycles. The van der Waals surface area contributed by atoms with E-state index in [4.69, 9.17) is 5.21 Å². The SMILES string of the molecule is CC(NC(CO)C(O)c1ccc(N([O-])O)cc1)=C1C(=O)CC2C1C2(C)C. The Kier molecular flexibility index (Phi) is 4.83. The van der Waals surface area contributed by atoms with E-state index >= 15 is 0 Å². The Morgan fingerprint density at radius 3 is 2.50 bits per heavy atom. The topological polar surface area (TPSA) is 116 Å². The summed E-state index contributed by atoms with van der Waals surface area (Å²) in [4.78, 5) is 12.3. The largest absolute Gasteiger partial charge is 0.733 e. The lowest BCUT2D eigenvalue weighted by Crippen LogP contribution is -2.38. The lowest BCUT2D eigenvalue weighted by Gasteiger charge is -2.26. The van der Waals surface area contributed by atoms with E-state index in [0.717, 1.165) is 5.57 Å². The van der Waals surface area contributed by atoms with Gasteiger partial charge in [-0.1, -0.05) is 26.0 Å². The number of nitrogens with one attached hydrogen (secondary N) is 1. The molecule has 4 N–H and O–H groups in total. The van der Waals surface area contributed by atoms with Gasteiger partial charge in [0.25, 0.3) is 0 Å². The highest BCUT2D eigenvalue weighted by Gasteiger charge is 2.65. The summed E-state index contributed by atoms with van der Waals surface area (Å²) in [7, 11) is 0. The number of carbonyl (C=O) groups excluding carboxylic acids is 1. The van der Waals surface area contributed by atoms with Crippen LogP contribution in [0.4, 0.5) is 5.69 Å². The van der Waals surface area contributed by atoms with Crippen molar-refractivity contribution in [1.29, 1.82) is 0 Å². The van der Waals surface area contributed by atoms with Crippen molar-refractivity contribution < 1.29 is 20.2 Å². The van der Waals surface area contributed by atoms with Crippen molar-refractivity contribution >= 4 is 11.5 Å². The first-order valence-electron chi connectivity index (χ1n) is 8.74. The van der Waals surface area contributed by atoms with Gasteiger partial charge in [-0.05, 0) is 41.9 Å². The number of hydrogen-bond donors (Lipinski definition) is 4. The quantitative estimate of drug-likeness (QED) is 0.451. The highest BCUT2D eigenvalue weighted by Crippen LogP contribution is 2.68. The number of aliphatic hydroxyl groups excluding tert-OH is 2. The van der Waals surface area contributed by atoms with Gasteiger partial charge in [0.2, 0.25) is 0 Å². The first-order chi connectivity index (χ1) is 12.2. The molecule has 7 nitrogen and oxygen atoms in total. The molecule has 2 aliphatic rings. The molecule has 1 aromatic rings. The first-order valence-corrected chi connectivity index (χ1v) is 8.74. The van der Waals surface area contributed by atoms with E-state index in [1.807, 2.05) is 6.92 Å². The minimum Gasteiger partial charge on any atom is -0.733 e. The van der Waals surface area contributed by atoms with Gasteiger partial charge in [0.15, 0.2) is 5.78 Å². The van der Waals surface area contributed by atoms with Crippen molar-refractivity contribution in [2.45, 2.75) is 39.3 Å². The minimum atomic E-state index is -1.04. The second-order valence-corrected chi connectivity index (χ2v) is 7.81. The molecule has 142 valence electrons. The van der Waals surface area contributed by atoms with Crippen molar-refractivity contribution in [3.63, 3.8) is 0 Å². The zero-order chi connectivity index (χ0) is 19.2. The number of fused-ring (bicyclic) bond motifs is 1. The van der Waals surface area contributed by atoms with E-state index in [1.165, 1.54) is 24.3 Å². The Labute approximate surface area is 152 Å². The molecule has 0 heterocycles. The normalized spacial score (nSPS) is 27.6. The minimum absolute atomic E-state index is 0.0475. The van der Waals surface area contributed by atoms with Gasteiger partial charge in [-0.25, -0.2) is 0 Å². The number of benzene rings is 1. The molecule has 0 amide bonds. The summed E-state index contributed by atoms with van der Waals surface area (Å²) in [6, 6.07) is 5.08. The molecule has 7 heteroatoms. The summed E-state index contributed by atoms with van der Waals surface area (Å²) in [6.07, 6.45) is -0.477. The molecule has 0 spiro atoms. The average molecular weight is 361 g/mol. The molecule has 3 rings (SSSR count). The monoisotopic (exact) mass is 361 g/mol. The van der Waals surface area contributed by atoms with E-state index in [0.29, 0.717) is 23.6 Å². The summed E-state index contributed by atoms with van der Waals surface area (Å²) >= 11 is 0. The average Bonchev–Trinajstić information content (AvgIpc) is 2.94. The van der Waals surface area contributed by atoms with Crippen molar-refractivity contribution in [3.8, 4) is 0 Å². The van der Waals surface area contributed by atoms with Crippen LogP contribution in [0.25, 0.3) is 0 Å². The molecule has 0 radical (unpaired) electrons. The highest BCUT2D eigenvalue weighted by molar-refractivity contribution is 6.01. The Morgan fingerprint density at radius 1 is 1.38 bits per heavy atom. The smallest absolute Gasteiger partial charge is 0.161 e. The Bertz CT molecular complexity index is 726. The van der Waals surface area contributed by atoms with Crippen LogP contribution in [0, 0.1) is 22.5 Å². The van der Waals surface area contributed by atoms with Crippen LogP contribution in [-0.2, 0) is 4.79 Å². The molecule has 0 saturated heterocycles. The van der Waals surface area contributed by atoms with Crippen LogP contribution in [0.5, 0.6) is 0 Å². The standard InChI is InChI=1S/C19H25N2O5/c1-10(16-15(23)8-13-17(16)19(13,2)3)20-14(9-22)18(24)11-4-6-12(7-5-11)21(25)26/h4-7,13-14,17-18,20,22,24-25H,8-9H2,1-3H3/q-1. The van der Waals surface area contributed by atoms with Gasteiger partial charge >= 0.3 is 0 Å². The molecule has 4 atom stereocenters. The number of hydrogen-bond acceptors (Lipinski definition) is 7. The molecule has 1 aromatic carbocycles. The zero-order valence-electron chi connectivity index (χ0n) is 15.1. The molecular formula is C19H25N2O5-. The lowest BCUT2D eigenvalue weighted by molar-refractivity contribution is -0.115. The van der Waals surface area contributed by atoms with Crippen molar-refractivity contribution in [2.24, 2.45) is 17.3 Å². The summed E-state index contributed by atoms with van der Waals surface area (Å²) in [6.45, 7) is 5.79. The summed E-state index contributed by atoms with van der Waals surface area (Å²) < 4.78 is 0. The van der Waals surface area contributed by atoms with Gasteiger partial charge in [-0.3, -0.25) is 10.0 Å². The highest BCUT2D eigenvalue weighted by atomic mass is 16.8. The third kappa shape index (κ3) is 3.12. The summed E-state index contributed by atoms with van der Waals surface area (Å²) in [5.74, 6) is 0.768. The Morgan fingerprint density at radius 2 is 2.00 bits per heavy atom. The number of allylic oxidation sites excluding steroid dienone is 2. The number of ketones is 1. The Hall–Kier alpha value is -1.93. The second-order valence-electron chi connectivity index (χ2n) is 7.81. The molecule has 0 aliphatic heterocycles. The fourth-order valence-electron chi connectivity index (χ4n) is 4.24. The molecule has 0 bridgehead atoms. The summed E-state index contributed by atoms with van der Waals surface area (Å²) in [5.41, 5.74) is 2.14. The van der Waals surface area contributed by atoms with Gasteiger partial charge in [0.05, 0.1) is 18.3 Å². The fourth-order valence-corrected chi connectivity index (χ4v) is 4.24. The van der Waals surface area contributed by atoms with Crippen molar-refractivity contribution in [1.82, 2.24) is 5.32 Å². The fraction of sp³-hybridized carbons (Fsp3) is 0.526. The van der Waals surface area contributed by atoms with Gasteiger partial charge in [0, 0.05) is 17.7 Å². The number of rotatable bonds is 6. The third-order valence-electron chi connectivity index (χ3n) is 5.91. The molecule has 0 aromatic heterocycles. The van der Waals surface area contributed by atoms with Gasteiger partial charge < -0.3 is 26.0 Å². The predicted molar refractivity (Wildman–Crippen MR) is 96.1 cm³/mol. The predicted octanol–water partition coefficient (Wildman–Crippen LogP) is 1.88. The molecule has 4 unspecified atom stereocenters. The second kappa shape index (κ2) is 6.66. The van der Waals surface area contributed by atoms with E-state index in [2.05, 4.69) is 19.2 Å². The maximum absolute atomic E-state index is 12.3. The van der Waals surface area contributed by atoms with E-state index < -0.39 is 12.1 Å². The molecule has 26 heavy (non-hydrogen) atoms. The van der Waals surface area contributed by atoms with Crippen LogP contribution in [0.3, 0.4) is 0 Å². The number of anilines is 1. The number of nitrogens with zero attached hydrogens (tertiary/aromatic N) is 1. The first kappa shape index (κ1) is 18.8. The van der Waals surface area contributed by atoms with E-state index in [1.54, 1.807) is 0 Å². The lowest BCUT2D eigenvalue weighted by atomic mass is 9.94. The van der Waals surface area contributed by atoms with Gasteiger partial charge in [-0.2, -0.15) is 0 Å². The van der Waals surface area contributed by atoms with Crippen molar-refractivity contribution in [2.75, 3.05) is 11.8 Å². The zero-order valence-corrected chi connectivity index (χ0v) is 15.1. The van der Waals surface area contributed by atoms with Crippen LogP contribution >= 0.6 is 0 Å². The van der Waals surface area contributed by atoms with Gasteiger partial charge in [-0.15, -0.1) is 0 Å². The number of carbonyl (C=O) groups is 1.